The molecule has 2 aromatic carbocycles. The van der Waals surface area contributed by atoms with Crippen LogP contribution >= 0.6 is 0 Å². The average Bonchev–Trinajstić information content (AvgIpc) is 2.56. The predicted octanol–water partition coefficient (Wildman–Crippen LogP) is 3.49. The first-order valence-electron chi connectivity index (χ1n) is 7.90. The van der Waals surface area contributed by atoms with Crippen molar-refractivity contribution in [2.24, 2.45) is 0 Å². The summed E-state index contributed by atoms with van der Waals surface area (Å²) in [5.41, 5.74) is 1.16. The number of amides is 2. The molecule has 0 radical (unpaired) electrons. The Morgan fingerprint density at radius 3 is 1.88 bits per heavy atom. The van der Waals surface area contributed by atoms with E-state index in [2.05, 4.69) is 10.6 Å². The smallest absolute Gasteiger partial charge is 0.315 e. The molecule has 5 nitrogen and oxygen atoms in total. The van der Waals surface area contributed by atoms with Gasteiger partial charge in [0.15, 0.2) is 21.5 Å². The first kappa shape index (κ1) is 19.8. The van der Waals surface area contributed by atoms with Gasteiger partial charge in [-0.25, -0.2) is 22.0 Å². The van der Waals surface area contributed by atoms with E-state index < -0.39 is 33.5 Å². The molecule has 26 heavy (non-hydrogen) atoms. The van der Waals surface area contributed by atoms with Crippen molar-refractivity contribution in [3.63, 3.8) is 0 Å². The van der Waals surface area contributed by atoms with Crippen LogP contribution in [0.2, 0.25) is 0 Å². The molecule has 2 atom stereocenters. The molecule has 0 saturated carbocycles. The number of sulfone groups is 1. The Balaban J connectivity index is 1.99. The highest BCUT2D eigenvalue weighted by Crippen LogP contribution is 2.18. The summed E-state index contributed by atoms with van der Waals surface area (Å²) in [5, 5.41) is 5.36. The molecule has 2 unspecified atom stereocenters. The summed E-state index contributed by atoms with van der Waals surface area (Å²) in [7, 11) is -3.28. The molecule has 0 heterocycles. The minimum Gasteiger partial charge on any atom is -0.332 e. The van der Waals surface area contributed by atoms with E-state index in [4.69, 9.17) is 0 Å². The molecule has 0 saturated heterocycles. The molecule has 0 aliphatic carbocycles. The zero-order valence-corrected chi connectivity index (χ0v) is 15.4. The Kier molecular flexibility index (Phi) is 5.97. The number of rotatable bonds is 5. The summed E-state index contributed by atoms with van der Waals surface area (Å²) in [6.45, 7) is 3.40. The van der Waals surface area contributed by atoms with Gasteiger partial charge in [-0.1, -0.05) is 18.2 Å². The van der Waals surface area contributed by atoms with Gasteiger partial charge in [-0.05, 0) is 49.2 Å². The monoisotopic (exact) mass is 382 g/mol. The third kappa shape index (κ3) is 5.01. The number of carbonyl (C=O) groups is 1. The number of hydrogen-bond acceptors (Lipinski definition) is 3. The zero-order chi connectivity index (χ0) is 19.5. The summed E-state index contributed by atoms with van der Waals surface area (Å²) >= 11 is 0. The van der Waals surface area contributed by atoms with Crippen LogP contribution in [0.1, 0.15) is 37.1 Å². The molecular formula is C18H20F2N2O3S. The standard InChI is InChI=1S/C18H20F2N2O3S/c1-11(13-4-7-15(8-5-13)26(3,24)25)21-18(23)22-12(2)14-6-9-16(19)17(20)10-14/h4-12H,1-3H3,(H2,21,22,23). The molecule has 0 fully saturated rings. The highest BCUT2D eigenvalue weighted by molar-refractivity contribution is 7.90. The average molecular weight is 382 g/mol. The van der Waals surface area contributed by atoms with Crippen molar-refractivity contribution in [2.45, 2.75) is 30.8 Å². The molecular weight excluding hydrogens is 362 g/mol. The van der Waals surface area contributed by atoms with Crippen molar-refractivity contribution < 1.29 is 22.0 Å². The van der Waals surface area contributed by atoms with Crippen LogP contribution in [0, 0.1) is 11.6 Å². The minimum absolute atomic E-state index is 0.199. The van der Waals surface area contributed by atoms with E-state index in [0.717, 1.165) is 24.0 Å². The van der Waals surface area contributed by atoms with Crippen LogP contribution in [-0.4, -0.2) is 20.7 Å². The topological polar surface area (TPSA) is 75.3 Å². The maximum Gasteiger partial charge on any atom is 0.315 e. The number of hydrogen-bond donors (Lipinski definition) is 2. The van der Waals surface area contributed by atoms with E-state index in [9.17, 15) is 22.0 Å². The van der Waals surface area contributed by atoms with Gasteiger partial charge < -0.3 is 10.6 Å². The van der Waals surface area contributed by atoms with Crippen LogP contribution in [0.5, 0.6) is 0 Å². The largest absolute Gasteiger partial charge is 0.332 e. The van der Waals surface area contributed by atoms with Crippen molar-refractivity contribution in [3.05, 3.63) is 65.2 Å². The zero-order valence-electron chi connectivity index (χ0n) is 14.6. The fraction of sp³-hybridized carbons (Fsp3) is 0.278. The third-order valence-corrected chi connectivity index (χ3v) is 5.08. The Bertz CT molecular complexity index is 899. The van der Waals surface area contributed by atoms with Crippen LogP contribution in [0.15, 0.2) is 47.4 Å². The molecule has 0 bridgehead atoms. The fourth-order valence-corrected chi connectivity index (χ4v) is 3.02. The second kappa shape index (κ2) is 7.82. The number of nitrogens with one attached hydrogen (secondary N) is 2. The van der Waals surface area contributed by atoms with E-state index in [1.54, 1.807) is 26.0 Å². The second-order valence-electron chi connectivity index (χ2n) is 6.08. The summed E-state index contributed by atoms with van der Waals surface area (Å²) in [4.78, 5) is 12.3. The van der Waals surface area contributed by atoms with Crippen molar-refractivity contribution >= 4 is 15.9 Å². The lowest BCUT2D eigenvalue weighted by Crippen LogP contribution is -2.38. The number of benzene rings is 2. The molecule has 140 valence electrons. The first-order valence-corrected chi connectivity index (χ1v) is 9.79. The highest BCUT2D eigenvalue weighted by Gasteiger charge is 2.15. The Morgan fingerprint density at radius 2 is 1.38 bits per heavy atom. The lowest BCUT2D eigenvalue weighted by atomic mass is 10.1. The maximum atomic E-state index is 13.3. The van der Waals surface area contributed by atoms with E-state index >= 15 is 0 Å². The van der Waals surface area contributed by atoms with E-state index in [1.165, 1.54) is 18.2 Å². The van der Waals surface area contributed by atoms with Crippen LogP contribution in [0.4, 0.5) is 13.6 Å². The molecule has 2 N–H and O–H groups in total. The van der Waals surface area contributed by atoms with Crippen molar-refractivity contribution in [1.82, 2.24) is 10.6 Å². The lowest BCUT2D eigenvalue weighted by Gasteiger charge is -2.19. The van der Waals surface area contributed by atoms with Gasteiger partial charge in [-0.2, -0.15) is 0 Å². The van der Waals surface area contributed by atoms with Crippen LogP contribution < -0.4 is 10.6 Å². The molecule has 2 aromatic rings. The molecule has 0 aromatic heterocycles. The first-order chi connectivity index (χ1) is 12.1. The van der Waals surface area contributed by atoms with Gasteiger partial charge in [0.2, 0.25) is 0 Å². The van der Waals surface area contributed by atoms with Gasteiger partial charge in [0.1, 0.15) is 0 Å². The van der Waals surface area contributed by atoms with Gasteiger partial charge in [-0.15, -0.1) is 0 Å². The van der Waals surface area contributed by atoms with Crippen molar-refractivity contribution in [1.29, 1.82) is 0 Å². The molecule has 0 aliphatic rings. The molecule has 0 aliphatic heterocycles. The van der Waals surface area contributed by atoms with Gasteiger partial charge >= 0.3 is 6.03 Å². The van der Waals surface area contributed by atoms with Crippen molar-refractivity contribution in [3.8, 4) is 0 Å². The van der Waals surface area contributed by atoms with E-state index in [1.807, 2.05) is 0 Å². The predicted molar refractivity (Wildman–Crippen MR) is 94.4 cm³/mol. The van der Waals surface area contributed by atoms with Gasteiger partial charge in [-0.3, -0.25) is 0 Å². The molecule has 0 spiro atoms. The second-order valence-corrected chi connectivity index (χ2v) is 8.09. The summed E-state index contributed by atoms with van der Waals surface area (Å²) in [5.74, 6) is -1.92. The number of carbonyl (C=O) groups excluding carboxylic acids is 1. The van der Waals surface area contributed by atoms with Crippen molar-refractivity contribution in [2.75, 3.05) is 6.26 Å². The van der Waals surface area contributed by atoms with Gasteiger partial charge in [0.05, 0.1) is 17.0 Å². The Morgan fingerprint density at radius 1 is 0.885 bits per heavy atom. The van der Waals surface area contributed by atoms with E-state index in [-0.39, 0.29) is 10.9 Å². The Labute approximate surface area is 151 Å². The summed E-state index contributed by atoms with van der Waals surface area (Å²) in [6.07, 6.45) is 1.12. The molecule has 8 heteroatoms. The van der Waals surface area contributed by atoms with Gasteiger partial charge in [0, 0.05) is 6.26 Å². The van der Waals surface area contributed by atoms with E-state index in [0.29, 0.717) is 5.56 Å². The SMILES string of the molecule is CC(NC(=O)NC(C)c1ccc(F)c(F)c1)c1ccc(S(C)(=O)=O)cc1. The molecule has 2 amide bonds. The fourth-order valence-electron chi connectivity index (χ4n) is 2.39. The van der Waals surface area contributed by atoms with Crippen LogP contribution in [-0.2, 0) is 9.84 Å². The number of urea groups is 1. The summed E-state index contributed by atoms with van der Waals surface area (Å²) in [6, 6.07) is 8.26. The number of halogens is 2. The summed E-state index contributed by atoms with van der Waals surface area (Å²) < 4.78 is 49.2. The minimum atomic E-state index is -3.28. The maximum absolute atomic E-state index is 13.3. The highest BCUT2D eigenvalue weighted by atomic mass is 32.2. The van der Waals surface area contributed by atoms with Crippen LogP contribution in [0.3, 0.4) is 0 Å². The third-order valence-electron chi connectivity index (χ3n) is 3.95. The van der Waals surface area contributed by atoms with Crippen LogP contribution in [0.25, 0.3) is 0 Å². The quantitative estimate of drug-likeness (QED) is 0.831. The lowest BCUT2D eigenvalue weighted by molar-refractivity contribution is 0.235. The Hall–Kier alpha value is -2.48. The van der Waals surface area contributed by atoms with Gasteiger partial charge in [0.25, 0.3) is 0 Å². The normalized spacial score (nSPS) is 13.7. The molecule has 2 rings (SSSR count).